The number of anilines is 2. The van der Waals surface area contributed by atoms with Gasteiger partial charge in [-0.3, -0.25) is 9.48 Å². The first-order valence-electron chi connectivity index (χ1n) is 12.8. The third-order valence-corrected chi connectivity index (χ3v) is 7.45. The number of nitrogens with one attached hydrogen (secondary N) is 2. The number of carbonyl (C=O) groups is 1. The molecule has 7 nitrogen and oxygen atoms in total. The maximum absolute atomic E-state index is 13.8. The van der Waals surface area contributed by atoms with Crippen molar-refractivity contribution in [3.8, 4) is 11.3 Å². The van der Waals surface area contributed by atoms with Gasteiger partial charge in [-0.15, -0.1) is 0 Å². The smallest absolute Gasteiger partial charge is 0.284 e. The van der Waals surface area contributed by atoms with Crippen molar-refractivity contribution in [1.82, 2.24) is 14.8 Å². The molecule has 0 atom stereocenters. The lowest BCUT2D eigenvalue weighted by Crippen LogP contribution is -2.21. The van der Waals surface area contributed by atoms with Crippen LogP contribution in [0.1, 0.15) is 80.9 Å². The number of rotatable bonds is 9. The maximum Gasteiger partial charge on any atom is 0.284 e. The summed E-state index contributed by atoms with van der Waals surface area (Å²) in [6.45, 7) is 5.34. The van der Waals surface area contributed by atoms with E-state index in [0.29, 0.717) is 23.5 Å². The van der Waals surface area contributed by atoms with Crippen LogP contribution in [0.15, 0.2) is 41.3 Å². The summed E-state index contributed by atoms with van der Waals surface area (Å²) in [5, 5.41) is 10.1. The minimum Gasteiger partial charge on any atom is -0.464 e. The largest absolute Gasteiger partial charge is 0.464 e. The molecule has 0 spiro atoms. The van der Waals surface area contributed by atoms with Crippen molar-refractivity contribution in [1.29, 1.82) is 0 Å². The molecule has 0 aliphatic heterocycles. The van der Waals surface area contributed by atoms with Crippen LogP contribution in [-0.4, -0.2) is 27.2 Å². The summed E-state index contributed by atoms with van der Waals surface area (Å²) in [6.07, 6.45) is 8.17. The highest BCUT2D eigenvalue weighted by Gasteiger charge is 2.28. The summed E-state index contributed by atoms with van der Waals surface area (Å²) < 4.78 is 34.7. The molecule has 0 aromatic carbocycles. The van der Waals surface area contributed by atoms with E-state index in [9.17, 15) is 13.6 Å². The highest BCUT2D eigenvalue weighted by Crippen LogP contribution is 2.37. The Bertz CT molecular complexity index is 1190. The SMILES string of the molecule is CC(C)C1CCC(n2cc(NC(=O)c3coc(-c4ccnc(NCC5CC5)c4)c3)c(C(F)F)n2)CC1. The number of carbonyl (C=O) groups excluding carboxylic acids is 1. The molecule has 9 heteroatoms. The first kappa shape index (κ1) is 24.5. The monoisotopic (exact) mass is 497 g/mol. The van der Waals surface area contributed by atoms with Crippen molar-refractivity contribution >= 4 is 17.4 Å². The van der Waals surface area contributed by atoms with Crippen LogP contribution in [0.2, 0.25) is 0 Å². The van der Waals surface area contributed by atoms with Crippen LogP contribution >= 0.6 is 0 Å². The average Bonchev–Trinajstić information content (AvgIpc) is 3.39. The molecule has 0 radical (unpaired) electrons. The molecule has 3 aromatic rings. The molecule has 2 saturated carbocycles. The fourth-order valence-corrected chi connectivity index (χ4v) is 4.94. The molecule has 5 rings (SSSR count). The van der Waals surface area contributed by atoms with Crippen molar-refractivity contribution in [2.75, 3.05) is 17.2 Å². The second-order valence-electron chi connectivity index (χ2n) is 10.4. The van der Waals surface area contributed by atoms with Crippen LogP contribution in [0.4, 0.5) is 20.3 Å². The number of aromatic nitrogens is 3. The molecule has 0 saturated heterocycles. The molecule has 2 N–H and O–H groups in total. The average molecular weight is 498 g/mol. The number of amides is 1. The first-order chi connectivity index (χ1) is 17.4. The van der Waals surface area contributed by atoms with Crippen LogP contribution in [0.3, 0.4) is 0 Å². The Labute approximate surface area is 209 Å². The molecule has 36 heavy (non-hydrogen) atoms. The minimum absolute atomic E-state index is 0.0409. The number of halogens is 2. The van der Waals surface area contributed by atoms with E-state index in [0.717, 1.165) is 43.6 Å². The van der Waals surface area contributed by atoms with Gasteiger partial charge < -0.3 is 15.1 Å². The van der Waals surface area contributed by atoms with Gasteiger partial charge in [0.25, 0.3) is 12.3 Å². The van der Waals surface area contributed by atoms with Gasteiger partial charge in [0.2, 0.25) is 0 Å². The van der Waals surface area contributed by atoms with Gasteiger partial charge in [-0.05, 0) is 74.5 Å². The number of hydrogen-bond acceptors (Lipinski definition) is 5. The van der Waals surface area contributed by atoms with Gasteiger partial charge in [-0.2, -0.15) is 5.10 Å². The summed E-state index contributed by atoms with van der Waals surface area (Å²) in [5.74, 6) is 2.73. The molecule has 3 heterocycles. The second kappa shape index (κ2) is 10.4. The standard InChI is InChI=1S/C27H33F2N5O2/c1-16(2)18-5-7-21(8-6-18)34-14-22(25(33-34)26(28)29)32-27(35)20-11-23(36-15-20)19-9-10-30-24(12-19)31-13-17-3-4-17/h9-12,14-18,21,26H,3-8,13H2,1-2H3,(H,30,31)(H,32,35). The topological polar surface area (TPSA) is 85.0 Å². The molecule has 2 aliphatic rings. The van der Waals surface area contributed by atoms with Crippen molar-refractivity contribution in [3.63, 3.8) is 0 Å². The summed E-state index contributed by atoms with van der Waals surface area (Å²) in [6, 6.07) is 5.35. The van der Waals surface area contributed by atoms with E-state index in [1.54, 1.807) is 29.2 Å². The van der Waals surface area contributed by atoms with Crippen LogP contribution < -0.4 is 10.6 Å². The fourth-order valence-electron chi connectivity index (χ4n) is 4.94. The molecule has 0 unspecified atom stereocenters. The number of furan rings is 1. The lowest BCUT2D eigenvalue weighted by atomic mass is 9.80. The predicted octanol–water partition coefficient (Wildman–Crippen LogP) is 6.94. The minimum atomic E-state index is -2.79. The Hall–Kier alpha value is -3.23. The Kier molecular flexibility index (Phi) is 7.07. The molecule has 3 aromatic heterocycles. The number of hydrogen-bond donors (Lipinski definition) is 2. The van der Waals surface area contributed by atoms with Crippen molar-refractivity contribution < 1.29 is 18.0 Å². The third-order valence-electron chi connectivity index (χ3n) is 7.45. The van der Waals surface area contributed by atoms with Crippen LogP contribution in [-0.2, 0) is 0 Å². The number of alkyl halides is 2. The van der Waals surface area contributed by atoms with Crippen LogP contribution in [0, 0.1) is 17.8 Å². The van der Waals surface area contributed by atoms with Gasteiger partial charge in [0.15, 0.2) is 5.69 Å². The Balaban J connectivity index is 1.27. The van der Waals surface area contributed by atoms with Gasteiger partial charge in [0.05, 0.1) is 17.3 Å². The third kappa shape index (κ3) is 5.60. The van der Waals surface area contributed by atoms with Crippen molar-refractivity contribution in [2.45, 2.75) is 64.8 Å². The Morgan fingerprint density at radius 3 is 2.64 bits per heavy atom. The van der Waals surface area contributed by atoms with E-state index in [1.807, 2.05) is 6.07 Å². The summed E-state index contributed by atoms with van der Waals surface area (Å²) in [5.41, 5.74) is 0.665. The van der Waals surface area contributed by atoms with Crippen molar-refractivity contribution in [2.24, 2.45) is 17.8 Å². The van der Waals surface area contributed by atoms with Crippen LogP contribution in [0.25, 0.3) is 11.3 Å². The number of nitrogens with zero attached hydrogens (tertiary/aromatic N) is 3. The first-order valence-corrected chi connectivity index (χ1v) is 12.8. The Morgan fingerprint density at radius 1 is 1.17 bits per heavy atom. The summed E-state index contributed by atoms with van der Waals surface area (Å²) in [7, 11) is 0. The zero-order valence-corrected chi connectivity index (χ0v) is 20.7. The van der Waals surface area contributed by atoms with E-state index in [-0.39, 0.29) is 17.3 Å². The van der Waals surface area contributed by atoms with Crippen LogP contribution in [0.5, 0.6) is 0 Å². The van der Waals surface area contributed by atoms with E-state index < -0.39 is 18.0 Å². The van der Waals surface area contributed by atoms with E-state index in [2.05, 4.69) is 34.6 Å². The second-order valence-corrected chi connectivity index (χ2v) is 10.4. The predicted molar refractivity (Wildman–Crippen MR) is 134 cm³/mol. The Morgan fingerprint density at radius 2 is 1.94 bits per heavy atom. The lowest BCUT2D eigenvalue weighted by molar-refractivity contribution is 0.102. The maximum atomic E-state index is 13.8. The molecule has 2 fully saturated rings. The molecule has 1 amide bonds. The number of pyridine rings is 1. The highest BCUT2D eigenvalue weighted by molar-refractivity contribution is 6.04. The van der Waals surface area contributed by atoms with Gasteiger partial charge in [-0.25, -0.2) is 13.8 Å². The molecule has 2 aliphatic carbocycles. The lowest BCUT2D eigenvalue weighted by Gasteiger charge is -2.30. The van der Waals surface area contributed by atoms with E-state index >= 15 is 0 Å². The highest BCUT2D eigenvalue weighted by atomic mass is 19.3. The summed E-state index contributed by atoms with van der Waals surface area (Å²) >= 11 is 0. The van der Waals surface area contributed by atoms with Crippen molar-refractivity contribution in [3.05, 3.63) is 48.1 Å². The zero-order valence-electron chi connectivity index (χ0n) is 20.7. The quantitative estimate of drug-likeness (QED) is 0.335. The van der Waals surface area contributed by atoms with Gasteiger partial charge in [-0.1, -0.05) is 13.8 Å². The van der Waals surface area contributed by atoms with Gasteiger partial charge >= 0.3 is 0 Å². The zero-order chi connectivity index (χ0) is 25.2. The van der Waals surface area contributed by atoms with Gasteiger partial charge in [0, 0.05) is 24.5 Å². The molecular weight excluding hydrogens is 464 g/mol. The normalized spacial score (nSPS) is 20.2. The van der Waals surface area contributed by atoms with E-state index in [1.165, 1.54) is 19.1 Å². The summed E-state index contributed by atoms with van der Waals surface area (Å²) in [4.78, 5) is 17.2. The van der Waals surface area contributed by atoms with E-state index in [4.69, 9.17) is 4.42 Å². The fraction of sp³-hybridized carbons (Fsp3) is 0.519. The molecule has 192 valence electrons. The molecular formula is C27H33F2N5O2. The van der Waals surface area contributed by atoms with Gasteiger partial charge in [0.1, 0.15) is 17.8 Å². The molecule has 0 bridgehead atoms.